The number of benzene rings is 2. The summed E-state index contributed by atoms with van der Waals surface area (Å²) < 4.78 is 24.2. The Morgan fingerprint density at radius 1 is 1.22 bits per heavy atom. The maximum absolute atomic E-state index is 13.7. The number of rotatable bonds is 7. The van der Waals surface area contributed by atoms with Crippen LogP contribution in [0.25, 0.3) is 0 Å². The van der Waals surface area contributed by atoms with E-state index in [0.29, 0.717) is 18.0 Å². The van der Waals surface area contributed by atoms with Gasteiger partial charge in [0.05, 0.1) is 19.2 Å². The molecule has 0 saturated heterocycles. The van der Waals surface area contributed by atoms with Crippen molar-refractivity contribution in [1.82, 2.24) is 4.98 Å². The van der Waals surface area contributed by atoms with Gasteiger partial charge in [0.1, 0.15) is 17.4 Å². The van der Waals surface area contributed by atoms with E-state index < -0.39 is 5.82 Å². The largest absolute Gasteiger partial charge is 0.494 e. The van der Waals surface area contributed by atoms with Gasteiger partial charge in [-0.3, -0.25) is 4.79 Å². The number of nitrogens with zero attached hydrogens (tertiary/aromatic N) is 1. The number of thiazole rings is 1. The van der Waals surface area contributed by atoms with Crippen LogP contribution in [0.15, 0.2) is 47.8 Å². The molecule has 0 spiro atoms. The number of nitrogens with one attached hydrogen (secondary N) is 1. The van der Waals surface area contributed by atoms with Gasteiger partial charge in [-0.05, 0) is 31.2 Å². The summed E-state index contributed by atoms with van der Waals surface area (Å²) in [5.41, 5.74) is 2.19. The number of anilines is 1. The lowest BCUT2D eigenvalue weighted by Gasteiger charge is -2.06. The van der Waals surface area contributed by atoms with Crippen LogP contribution in [0.3, 0.4) is 0 Å². The number of ether oxygens (including phenoxy) is 2. The van der Waals surface area contributed by atoms with Gasteiger partial charge in [-0.15, -0.1) is 11.3 Å². The van der Waals surface area contributed by atoms with Crippen LogP contribution in [-0.2, 0) is 17.8 Å². The molecule has 0 bridgehead atoms. The molecule has 0 aliphatic heterocycles. The van der Waals surface area contributed by atoms with Crippen molar-refractivity contribution in [1.29, 1.82) is 0 Å². The van der Waals surface area contributed by atoms with Crippen molar-refractivity contribution in [2.75, 3.05) is 12.4 Å². The molecule has 0 aliphatic carbocycles. The van der Waals surface area contributed by atoms with E-state index >= 15 is 0 Å². The highest BCUT2D eigenvalue weighted by atomic mass is 32.1. The number of carbonyl (C=O) groups excluding carboxylic acids is 1. The summed E-state index contributed by atoms with van der Waals surface area (Å²) in [4.78, 5) is 16.5. The topological polar surface area (TPSA) is 60.5 Å². The molecule has 0 atom stereocenters. The number of aromatic nitrogens is 1. The number of hydrogen-bond donors (Lipinski definition) is 1. The van der Waals surface area contributed by atoms with Gasteiger partial charge in [-0.2, -0.15) is 0 Å². The number of carbonyl (C=O) groups is 1. The Morgan fingerprint density at radius 3 is 2.70 bits per heavy atom. The predicted octanol–water partition coefficient (Wildman–Crippen LogP) is 4.36. The van der Waals surface area contributed by atoms with Crippen LogP contribution in [0.2, 0.25) is 0 Å². The number of hydrogen-bond acceptors (Lipinski definition) is 5. The third-order valence-electron chi connectivity index (χ3n) is 3.76. The molecular weight excluding hydrogens is 367 g/mol. The Hall–Kier alpha value is -2.93. The van der Waals surface area contributed by atoms with E-state index in [1.165, 1.54) is 36.1 Å². The minimum Gasteiger partial charge on any atom is -0.494 e. The van der Waals surface area contributed by atoms with Crippen molar-refractivity contribution in [3.05, 3.63) is 69.9 Å². The molecule has 27 heavy (non-hydrogen) atoms. The highest BCUT2D eigenvalue weighted by molar-refractivity contribution is 7.09. The first kappa shape index (κ1) is 18.8. The minimum atomic E-state index is -0.528. The molecule has 3 rings (SSSR count). The van der Waals surface area contributed by atoms with Gasteiger partial charge in [-0.25, -0.2) is 9.37 Å². The maximum Gasteiger partial charge on any atom is 0.230 e. The molecule has 1 amide bonds. The van der Waals surface area contributed by atoms with Crippen LogP contribution >= 0.6 is 11.3 Å². The highest BCUT2D eigenvalue weighted by Gasteiger charge is 2.10. The van der Waals surface area contributed by atoms with E-state index in [9.17, 15) is 9.18 Å². The van der Waals surface area contributed by atoms with Crippen LogP contribution < -0.4 is 14.8 Å². The average molecular weight is 386 g/mol. The normalized spacial score (nSPS) is 10.5. The van der Waals surface area contributed by atoms with E-state index in [-0.39, 0.29) is 18.1 Å². The van der Waals surface area contributed by atoms with E-state index in [0.717, 1.165) is 10.8 Å². The SMILES string of the molecule is COc1ccc(NC(=O)Cc2csc(COc3ccc(C)cc3)n2)cc1F. The summed E-state index contributed by atoms with van der Waals surface area (Å²) in [5, 5.41) is 5.26. The third-order valence-corrected chi connectivity index (χ3v) is 4.63. The van der Waals surface area contributed by atoms with Crippen LogP contribution in [-0.4, -0.2) is 18.0 Å². The predicted molar refractivity (Wildman–Crippen MR) is 103 cm³/mol. The summed E-state index contributed by atoms with van der Waals surface area (Å²) in [7, 11) is 1.39. The van der Waals surface area contributed by atoms with E-state index in [4.69, 9.17) is 9.47 Å². The summed E-state index contributed by atoms with van der Waals surface area (Å²) in [6.07, 6.45) is 0.106. The summed E-state index contributed by atoms with van der Waals surface area (Å²) in [6.45, 7) is 2.36. The lowest BCUT2D eigenvalue weighted by molar-refractivity contribution is -0.115. The van der Waals surface area contributed by atoms with E-state index in [2.05, 4.69) is 10.3 Å². The van der Waals surface area contributed by atoms with Crippen LogP contribution in [0.4, 0.5) is 10.1 Å². The molecule has 3 aromatic rings. The fourth-order valence-corrected chi connectivity index (χ4v) is 3.09. The minimum absolute atomic E-state index is 0.106. The molecule has 140 valence electrons. The van der Waals surface area contributed by atoms with Crippen LogP contribution in [0, 0.1) is 12.7 Å². The first-order valence-electron chi connectivity index (χ1n) is 8.29. The molecule has 1 aromatic heterocycles. The number of methoxy groups -OCH3 is 1. The van der Waals surface area contributed by atoms with Gasteiger partial charge in [0, 0.05) is 17.1 Å². The van der Waals surface area contributed by atoms with Crippen molar-refractivity contribution in [2.45, 2.75) is 20.0 Å². The smallest absolute Gasteiger partial charge is 0.230 e. The Labute approximate surface area is 160 Å². The number of aryl methyl sites for hydroxylation is 1. The molecule has 0 radical (unpaired) electrons. The van der Waals surface area contributed by atoms with Gasteiger partial charge in [0.2, 0.25) is 5.91 Å². The second-order valence-electron chi connectivity index (χ2n) is 5.91. The monoisotopic (exact) mass is 386 g/mol. The molecule has 5 nitrogen and oxygen atoms in total. The lowest BCUT2D eigenvalue weighted by atomic mass is 10.2. The zero-order valence-electron chi connectivity index (χ0n) is 15.0. The van der Waals surface area contributed by atoms with E-state index in [1.54, 1.807) is 6.07 Å². The molecule has 0 aliphatic rings. The van der Waals surface area contributed by atoms with E-state index in [1.807, 2.05) is 36.6 Å². The van der Waals surface area contributed by atoms with Crippen molar-refractivity contribution < 1.29 is 18.7 Å². The second-order valence-corrected chi connectivity index (χ2v) is 6.85. The highest BCUT2D eigenvalue weighted by Crippen LogP contribution is 2.21. The maximum atomic E-state index is 13.7. The quantitative estimate of drug-likeness (QED) is 0.655. The first-order valence-corrected chi connectivity index (χ1v) is 9.17. The summed E-state index contributed by atoms with van der Waals surface area (Å²) in [6, 6.07) is 12.1. The lowest BCUT2D eigenvalue weighted by Crippen LogP contribution is -2.14. The van der Waals surface area contributed by atoms with Gasteiger partial charge in [-0.1, -0.05) is 17.7 Å². The average Bonchev–Trinajstić information content (AvgIpc) is 3.08. The zero-order chi connectivity index (χ0) is 19.2. The van der Waals surface area contributed by atoms with Crippen LogP contribution in [0.5, 0.6) is 11.5 Å². The second kappa shape index (κ2) is 8.64. The van der Waals surface area contributed by atoms with Gasteiger partial charge in [0.15, 0.2) is 11.6 Å². The summed E-state index contributed by atoms with van der Waals surface area (Å²) in [5.74, 6) is 0.109. The van der Waals surface area contributed by atoms with Gasteiger partial charge in [0.25, 0.3) is 0 Å². The Bertz CT molecular complexity index is 925. The Kier molecular flexibility index (Phi) is 6.03. The molecule has 1 heterocycles. The fraction of sp³-hybridized carbons (Fsp3) is 0.200. The Morgan fingerprint density at radius 2 is 2.00 bits per heavy atom. The first-order chi connectivity index (χ1) is 13.0. The molecule has 2 aromatic carbocycles. The summed E-state index contributed by atoms with van der Waals surface area (Å²) >= 11 is 1.43. The molecule has 7 heteroatoms. The Balaban J connectivity index is 1.53. The molecule has 0 saturated carbocycles. The fourth-order valence-electron chi connectivity index (χ4n) is 2.39. The zero-order valence-corrected chi connectivity index (χ0v) is 15.8. The van der Waals surface area contributed by atoms with Crippen molar-refractivity contribution in [2.24, 2.45) is 0 Å². The molecule has 0 fully saturated rings. The number of halogens is 1. The van der Waals surface area contributed by atoms with Crippen molar-refractivity contribution >= 4 is 22.9 Å². The number of amides is 1. The van der Waals surface area contributed by atoms with Crippen molar-refractivity contribution in [3.8, 4) is 11.5 Å². The molecular formula is C20H19FN2O3S. The molecule has 0 unspecified atom stereocenters. The molecule has 1 N–H and O–H groups in total. The third kappa shape index (κ3) is 5.27. The standard InChI is InChI=1S/C20H19FN2O3S/c1-13-3-6-16(7-4-13)26-11-20-23-15(12-27-20)10-19(24)22-14-5-8-18(25-2)17(21)9-14/h3-9,12H,10-11H2,1-2H3,(H,22,24). The van der Waals surface area contributed by atoms with Crippen molar-refractivity contribution in [3.63, 3.8) is 0 Å². The van der Waals surface area contributed by atoms with Crippen LogP contribution in [0.1, 0.15) is 16.3 Å². The van der Waals surface area contributed by atoms with Gasteiger partial charge >= 0.3 is 0 Å². The van der Waals surface area contributed by atoms with Gasteiger partial charge < -0.3 is 14.8 Å².